The molecule has 0 saturated carbocycles. The molecule has 0 aliphatic carbocycles. The van der Waals surface area contributed by atoms with E-state index in [1.165, 1.54) is 15.6 Å². The number of piperazine rings is 1. The summed E-state index contributed by atoms with van der Waals surface area (Å²) >= 11 is 1.20. The predicted molar refractivity (Wildman–Crippen MR) is 106 cm³/mol. The molecule has 0 radical (unpaired) electrons. The quantitative estimate of drug-likeness (QED) is 0.652. The topological polar surface area (TPSA) is 83.7 Å². The van der Waals surface area contributed by atoms with Crippen LogP contribution in [0.25, 0.3) is 11.3 Å². The zero-order valence-electron chi connectivity index (χ0n) is 15.2. The molecule has 146 valence electrons. The van der Waals surface area contributed by atoms with Gasteiger partial charge in [-0.1, -0.05) is 41.6 Å². The Hall–Kier alpha value is -2.49. The first-order chi connectivity index (χ1) is 13.5. The lowest BCUT2D eigenvalue weighted by atomic mass is 10.0. The van der Waals surface area contributed by atoms with Gasteiger partial charge in [-0.15, -0.1) is 11.3 Å². The Bertz CT molecular complexity index is 1070. The van der Waals surface area contributed by atoms with Gasteiger partial charge in [-0.2, -0.15) is 4.31 Å². The van der Waals surface area contributed by atoms with E-state index in [2.05, 4.69) is 5.16 Å². The highest BCUT2D eigenvalue weighted by molar-refractivity contribution is 7.91. The van der Waals surface area contributed by atoms with E-state index in [1.54, 1.807) is 29.3 Å². The van der Waals surface area contributed by atoms with Crippen LogP contribution in [-0.2, 0) is 10.0 Å². The Morgan fingerprint density at radius 1 is 1.07 bits per heavy atom. The number of aromatic nitrogens is 1. The fraction of sp³-hybridized carbons (Fsp3) is 0.263. The largest absolute Gasteiger partial charge is 0.360 e. The van der Waals surface area contributed by atoms with Crippen LogP contribution in [0.5, 0.6) is 0 Å². The molecule has 0 unspecified atom stereocenters. The number of aryl methyl sites for hydroxylation is 1. The van der Waals surface area contributed by atoms with Gasteiger partial charge in [-0.3, -0.25) is 4.79 Å². The van der Waals surface area contributed by atoms with Gasteiger partial charge in [0, 0.05) is 31.7 Å². The lowest BCUT2D eigenvalue weighted by Gasteiger charge is -2.33. The van der Waals surface area contributed by atoms with Gasteiger partial charge in [0.1, 0.15) is 21.2 Å². The second kappa shape index (κ2) is 7.50. The minimum atomic E-state index is -3.50. The van der Waals surface area contributed by atoms with Gasteiger partial charge >= 0.3 is 0 Å². The Morgan fingerprint density at radius 2 is 1.79 bits per heavy atom. The van der Waals surface area contributed by atoms with Crippen LogP contribution in [0.4, 0.5) is 0 Å². The van der Waals surface area contributed by atoms with Crippen molar-refractivity contribution in [2.75, 3.05) is 26.2 Å². The van der Waals surface area contributed by atoms with Gasteiger partial charge in [0.15, 0.2) is 0 Å². The number of thiophene rings is 1. The van der Waals surface area contributed by atoms with Crippen molar-refractivity contribution in [3.63, 3.8) is 0 Å². The Morgan fingerprint density at radius 3 is 2.43 bits per heavy atom. The molecule has 1 saturated heterocycles. The monoisotopic (exact) mass is 417 g/mol. The summed E-state index contributed by atoms with van der Waals surface area (Å²) in [7, 11) is -3.50. The van der Waals surface area contributed by atoms with Crippen molar-refractivity contribution in [3.05, 3.63) is 59.2 Å². The van der Waals surface area contributed by atoms with Gasteiger partial charge < -0.3 is 9.42 Å². The van der Waals surface area contributed by atoms with E-state index in [4.69, 9.17) is 4.52 Å². The number of benzene rings is 1. The van der Waals surface area contributed by atoms with Crippen LogP contribution < -0.4 is 0 Å². The number of amides is 1. The van der Waals surface area contributed by atoms with Crippen molar-refractivity contribution in [1.82, 2.24) is 14.4 Å². The van der Waals surface area contributed by atoms with E-state index in [-0.39, 0.29) is 19.0 Å². The maximum absolute atomic E-state index is 13.1. The fourth-order valence-corrected chi connectivity index (χ4v) is 5.81. The maximum atomic E-state index is 13.1. The molecule has 0 spiro atoms. The second-order valence-electron chi connectivity index (χ2n) is 6.46. The molecule has 9 heteroatoms. The highest BCUT2D eigenvalue weighted by atomic mass is 32.2. The molecule has 2 aromatic heterocycles. The average Bonchev–Trinajstić information content (AvgIpc) is 3.39. The standard InChI is InChI=1S/C19H19N3O4S2/c1-14-17(18(20-26-14)15-6-3-2-4-7-15)19(23)21-9-11-22(12-10-21)28(24,25)16-8-5-13-27-16/h2-8,13H,9-12H2,1H3. The molecule has 0 N–H and O–H groups in total. The summed E-state index contributed by atoms with van der Waals surface area (Å²) in [5.74, 6) is 0.267. The van der Waals surface area contributed by atoms with Crippen LogP contribution in [0.15, 0.2) is 56.6 Å². The average molecular weight is 418 g/mol. The molecule has 4 rings (SSSR count). The summed E-state index contributed by atoms with van der Waals surface area (Å²) in [6, 6.07) is 12.7. The molecule has 3 aromatic rings. The zero-order chi connectivity index (χ0) is 19.7. The SMILES string of the molecule is Cc1onc(-c2ccccc2)c1C(=O)N1CCN(S(=O)(=O)c2cccs2)CC1. The van der Waals surface area contributed by atoms with Crippen LogP contribution >= 0.6 is 11.3 Å². The van der Waals surface area contributed by atoms with Crippen LogP contribution in [0.1, 0.15) is 16.1 Å². The third-order valence-electron chi connectivity index (χ3n) is 4.74. The molecule has 7 nitrogen and oxygen atoms in total. The van der Waals surface area contributed by atoms with Crippen LogP contribution in [0.2, 0.25) is 0 Å². The molecule has 28 heavy (non-hydrogen) atoms. The molecule has 1 amide bonds. The summed E-state index contributed by atoms with van der Waals surface area (Å²) in [5.41, 5.74) is 1.75. The number of sulfonamides is 1. The lowest BCUT2D eigenvalue weighted by molar-refractivity contribution is 0.0697. The summed E-state index contributed by atoms with van der Waals surface area (Å²) < 4.78 is 32.4. The summed E-state index contributed by atoms with van der Waals surface area (Å²) in [6.45, 7) is 2.88. The van der Waals surface area contributed by atoms with Crippen LogP contribution in [0, 0.1) is 6.92 Å². The first-order valence-electron chi connectivity index (χ1n) is 8.83. The van der Waals surface area contributed by atoms with E-state index >= 15 is 0 Å². The Kier molecular flexibility index (Phi) is 5.05. The van der Waals surface area contributed by atoms with Gasteiger partial charge in [0.05, 0.1) is 0 Å². The third-order valence-corrected chi connectivity index (χ3v) is 8.01. The second-order valence-corrected chi connectivity index (χ2v) is 9.57. The third kappa shape index (κ3) is 3.36. The molecule has 1 aliphatic heterocycles. The Labute approximate surface area is 167 Å². The highest BCUT2D eigenvalue weighted by Gasteiger charge is 2.33. The minimum Gasteiger partial charge on any atom is -0.360 e. The summed E-state index contributed by atoms with van der Waals surface area (Å²) in [4.78, 5) is 14.8. The van der Waals surface area contributed by atoms with Gasteiger partial charge in [-0.05, 0) is 18.4 Å². The number of rotatable bonds is 4. The molecular weight excluding hydrogens is 398 g/mol. The van der Waals surface area contributed by atoms with E-state index in [1.807, 2.05) is 30.3 Å². The molecule has 3 heterocycles. The van der Waals surface area contributed by atoms with Crippen molar-refractivity contribution >= 4 is 27.3 Å². The molecular formula is C19H19N3O4S2. The van der Waals surface area contributed by atoms with E-state index in [9.17, 15) is 13.2 Å². The highest BCUT2D eigenvalue weighted by Crippen LogP contribution is 2.27. The van der Waals surface area contributed by atoms with Crippen molar-refractivity contribution in [2.24, 2.45) is 0 Å². The zero-order valence-corrected chi connectivity index (χ0v) is 16.9. The summed E-state index contributed by atoms with van der Waals surface area (Å²) in [6.07, 6.45) is 0. The molecule has 0 bridgehead atoms. The number of nitrogens with zero attached hydrogens (tertiary/aromatic N) is 3. The van der Waals surface area contributed by atoms with Crippen molar-refractivity contribution < 1.29 is 17.7 Å². The van der Waals surface area contributed by atoms with E-state index in [0.717, 1.165) is 5.56 Å². The van der Waals surface area contributed by atoms with E-state index < -0.39 is 10.0 Å². The smallest absolute Gasteiger partial charge is 0.259 e. The van der Waals surface area contributed by atoms with Crippen molar-refractivity contribution in [2.45, 2.75) is 11.1 Å². The molecule has 1 aromatic carbocycles. The number of carbonyl (C=O) groups excluding carboxylic acids is 1. The lowest BCUT2D eigenvalue weighted by Crippen LogP contribution is -2.50. The molecule has 1 aliphatic rings. The van der Waals surface area contributed by atoms with Gasteiger partial charge in [-0.25, -0.2) is 8.42 Å². The fourth-order valence-electron chi connectivity index (χ4n) is 3.24. The van der Waals surface area contributed by atoms with Crippen LogP contribution in [-0.4, -0.2) is 54.9 Å². The maximum Gasteiger partial charge on any atom is 0.259 e. The predicted octanol–water partition coefficient (Wildman–Crippen LogP) is 2.86. The van der Waals surface area contributed by atoms with Gasteiger partial charge in [0.25, 0.3) is 15.9 Å². The number of hydrogen-bond acceptors (Lipinski definition) is 6. The normalized spacial score (nSPS) is 15.7. The minimum absolute atomic E-state index is 0.189. The first kappa shape index (κ1) is 18.9. The molecule has 1 fully saturated rings. The Balaban J connectivity index is 1.52. The number of carbonyl (C=O) groups is 1. The van der Waals surface area contributed by atoms with E-state index in [0.29, 0.717) is 34.3 Å². The van der Waals surface area contributed by atoms with Crippen molar-refractivity contribution in [3.8, 4) is 11.3 Å². The van der Waals surface area contributed by atoms with Crippen LogP contribution in [0.3, 0.4) is 0 Å². The van der Waals surface area contributed by atoms with Crippen molar-refractivity contribution in [1.29, 1.82) is 0 Å². The first-order valence-corrected chi connectivity index (χ1v) is 11.1. The molecule has 0 atom stereocenters. The summed E-state index contributed by atoms with van der Waals surface area (Å²) in [5, 5.41) is 5.80. The van der Waals surface area contributed by atoms with Gasteiger partial charge in [0.2, 0.25) is 0 Å². The number of hydrogen-bond donors (Lipinski definition) is 0.